The molecule has 6 nitrogen and oxygen atoms in total. The minimum absolute atomic E-state index is 0.0743. The molecule has 0 aliphatic carbocycles. The van der Waals surface area contributed by atoms with E-state index < -0.39 is 0 Å². The van der Waals surface area contributed by atoms with Crippen LogP contribution in [0.1, 0.15) is 4.88 Å². The van der Waals surface area contributed by atoms with Crippen molar-refractivity contribution in [3.63, 3.8) is 0 Å². The number of anilines is 2. The second-order valence-electron chi connectivity index (χ2n) is 4.01. The number of rotatable bonds is 3. The van der Waals surface area contributed by atoms with Gasteiger partial charge in [-0.2, -0.15) is 4.98 Å². The summed E-state index contributed by atoms with van der Waals surface area (Å²) in [6.45, 7) is 2.24. The van der Waals surface area contributed by atoms with Crippen molar-refractivity contribution in [2.75, 3.05) is 31.3 Å². The summed E-state index contributed by atoms with van der Waals surface area (Å²) < 4.78 is 0. The maximum atomic E-state index is 11.4. The van der Waals surface area contributed by atoms with Crippen molar-refractivity contribution < 1.29 is 4.79 Å². The lowest BCUT2D eigenvalue weighted by Gasteiger charge is -2.17. The van der Waals surface area contributed by atoms with Gasteiger partial charge in [0.15, 0.2) is 0 Å². The van der Waals surface area contributed by atoms with E-state index in [0.29, 0.717) is 5.82 Å². The second kappa shape index (κ2) is 4.77. The van der Waals surface area contributed by atoms with E-state index in [1.807, 2.05) is 20.0 Å². The summed E-state index contributed by atoms with van der Waals surface area (Å²) >= 11 is 1.56. The predicted octanol–water partition coefficient (Wildman–Crippen LogP) is 0.764. The lowest BCUT2D eigenvalue weighted by Crippen LogP contribution is -2.33. The Morgan fingerprint density at radius 2 is 2.28 bits per heavy atom. The van der Waals surface area contributed by atoms with Gasteiger partial charge in [0.1, 0.15) is 10.6 Å². The lowest BCUT2D eigenvalue weighted by molar-refractivity contribution is -0.119. The molecule has 7 heteroatoms. The van der Waals surface area contributed by atoms with Crippen LogP contribution in [0, 0.1) is 6.92 Å². The molecule has 0 aliphatic heterocycles. The molecule has 0 spiro atoms. The molecule has 0 aromatic carbocycles. The highest BCUT2D eigenvalue weighted by Gasteiger charge is 2.14. The fourth-order valence-corrected chi connectivity index (χ4v) is 2.58. The van der Waals surface area contributed by atoms with Crippen LogP contribution in [0.15, 0.2) is 6.07 Å². The number of fused-ring (bicyclic) bond motifs is 1. The van der Waals surface area contributed by atoms with Crippen LogP contribution in [0.25, 0.3) is 10.2 Å². The molecular formula is C11H15N5OS. The Balaban J connectivity index is 2.45. The molecule has 0 saturated carbocycles. The highest BCUT2D eigenvalue weighted by molar-refractivity contribution is 7.18. The van der Waals surface area contributed by atoms with Gasteiger partial charge >= 0.3 is 0 Å². The summed E-state index contributed by atoms with van der Waals surface area (Å²) in [5.41, 5.74) is 5.69. The number of nitrogens with zero attached hydrogens (tertiary/aromatic N) is 3. The van der Waals surface area contributed by atoms with E-state index in [4.69, 9.17) is 5.73 Å². The predicted molar refractivity (Wildman–Crippen MR) is 73.9 cm³/mol. The molecule has 3 N–H and O–H groups in total. The average Bonchev–Trinajstić information content (AvgIpc) is 2.67. The summed E-state index contributed by atoms with van der Waals surface area (Å²) in [4.78, 5) is 23.6. The normalized spacial score (nSPS) is 10.6. The summed E-state index contributed by atoms with van der Waals surface area (Å²) in [7, 11) is 3.41. The molecule has 0 saturated heterocycles. The number of nitrogens with one attached hydrogen (secondary N) is 1. The van der Waals surface area contributed by atoms with Crippen molar-refractivity contribution in [1.82, 2.24) is 15.3 Å². The summed E-state index contributed by atoms with van der Waals surface area (Å²) in [5.74, 6) is 0.836. The van der Waals surface area contributed by atoms with Crippen molar-refractivity contribution in [2.24, 2.45) is 0 Å². The molecule has 0 fully saturated rings. The van der Waals surface area contributed by atoms with Crippen LogP contribution in [0.2, 0.25) is 0 Å². The first-order chi connectivity index (χ1) is 8.51. The highest BCUT2D eigenvalue weighted by Crippen LogP contribution is 2.30. The summed E-state index contributed by atoms with van der Waals surface area (Å²) in [5, 5.41) is 3.51. The van der Waals surface area contributed by atoms with Gasteiger partial charge in [-0.1, -0.05) is 0 Å². The van der Waals surface area contributed by atoms with Crippen LogP contribution in [0.4, 0.5) is 11.8 Å². The Kier molecular flexibility index (Phi) is 3.33. The fourth-order valence-electron chi connectivity index (χ4n) is 1.70. The van der Waals surface area contributed by atoms with Gasteiger partial charge in [-0.3, -0.25) is 4.79 Å². The first-order valence-electron chi connectivity index (χ1n) is 5.46. The largest absolute Gasteiger partial charge is 0.368 e. The monoisotopic (exact) mass is 265 g/mol. The third-order valence-electron chi connectivity index (χ3n) is 2.53. The Hall–Kier alpha value is -1.89. The Morgan fingerprint density at radius 3 is 2.94 bits per heavy atom. The van der Waals surface area contributed by atoms with E-state index in [0.717, 1.165) is 15.1 Å². The van der Waals surface area contributed by atoms with Gasteiger partial charge in [-0.05, 0) is 13.0 Å². The van der Waals surface area contributed by atoms with Gasteiger partial charge in [0, 0.05) is 19.0 Å². The molecule has 2 aromatic rings. The molecule has 1 amide bonds. The number of hydrogen-bond acceptors (Lipinski definition) is 6. The van der Waals surface area contributed by atoms with Gasteiger partial charge < -0.3 is 16.0 Å². The molecule has 2 rings (SSSR count). The minimum atomic E-state index is -0.0743. The number of amides is 1. The lowest BCUT2D eigenvalue weighted by atomic mass is 10.3. The number of carbonyl (C=O) groups is 1. The zero-order chi connectivity index (χ0) is 13.3. The number of likely N-dealkylation sites (N-methyl/N-ethyl adjacent to an activating group) is 2. The van der Waals surface area contributed by atoms with E-state index in [-0.39, 0.29) is 18.4 Å². The summed E-state index contributed by atoms with van der Waals surface area (Å²) in [6, 6.07) is 2.01. The van der Waals surface area contributed by atoms with Crippen LogP contribution >= 0.6 is 11.3 Å². The third-order valence-corrected chi connectivity index (χ3v) is 3.48. The molecule has 96 valence electrons. The molecule has 2 aromatic heterocycles. The van der Waals surface area contributed by atoms with Crippen molar-refractivity contribution in [3.8, 4) is 0 Å². The molecule has 0 aliphatic rings. The number of carbonyl (C=O) groups excluding carboxylic acids is 1. The highest BCUT2D eigenvalue weighted by atomic mass is 32.1. The Labute approximate surface area is 109 Å². The zero-order valence-corrected chi connectivity index (χ0v) is 11.3. The minimum Gasteiger partial charge on any atom is -0.368 e. The molecule has 0 radical (unpaired) electrons. The first-order valence-corrected chi connectivity index (χ1v) is 6.28. The number of aryl methyl sites for hydroxylation is 1. The Bertz CT molecular complexity index is 594. The van der Waals surface area contributed by atoms with Crippen LogP contribution in [0.3, 0.4) is 0 Å². The van der Waals surface area contributed by atoms with E-state index in [1.165, 1.54) is 0 Å². The maximum Gasteiger partial charge on any atom is 0.239 e. The molecule has 2 heterocycles. The quantitative estimate of drug-likeness (QED) is 0.856. The van der Waals surface area contributed by atoms with Gasteiger partial charge in [-0.15, -0.1) is 11.3 Å². The van der Waals surface area contributed by atoms with Crippen molar-refractivity contribution in [2.45, 2.75) is 6.92 Å². The topological polar surface area (TPSA) is 84.1 Å². The zero-order valence-electron chi connectivity index (χ0n) is 10.5. The van der Waals surface area contributed by atoms with E-state index in [2.05, 4.69) is 15.3 Å². The van der Waals surface area contributed by atoms with E-state index in [1.54, 1.807) is 23.3 Å². The summed E-state index contributed by atoms with van der Waals surface area (Å²) in [6.07, 6.45) is 0. The molecular weight excluding hydrogens is 250 g/mol. The molecule has 18 heavy (non-hydrogen) atoms. The van der Waals surface area contributed by atoms with Crippen molar-refractivity contribution in [1.29, 1.82) is 0 Å². The van der Waals surface area contributed by atoms with Crippen LogP contribution in [-0.4, -0.2) is 36.5 Å². The third kappa shape index (κ3) is 2.35. The standard InChI is InChI=1S/C11H15N5OS/c1-6-4-7-9(16(3)5-8(17)13-2)14-11(12)15-10(7)18-6/h4H,5H2,1-3H3,(H,13,17)(H2,12,14,15). The number of hydrogen-bond donors (Lipinski definition) is 2. The maximum absolute atomic E-state index is 11.4. The van der Waals surface area contributed by atoms with Crippen LogP contribution < -0.4 is 16.0 Å². The van der Waals surface area contributed by atoms with Gasteiger partial charge in [-0.25, -0.2) is 4.98 Å². The molecule has 0 unspecified atom stereocenters. The van der Waals surface area contributed by atoms with Crippen molar-refractivity contribution in [3.05, 3.63) is 10.9 Å². The van der Waals surface area contributed by atoms with Gasteiger partial charge in [0.25, 0.3) is 0 Å². The molecule has 0 atom stereocenters. The number of thiophene rings is 1. The Morgan fingerprint density at radius 1 is 1.56 bits per heavy atom. The SMILES string of the molecule is CNC(=O)CN(C)c1nc(N)nc2sc(C)cc12. The van der Waals surface area contributed by atoms with E-state index >= 15 is 0 Å². The average molecular weight is 265 g/mol. The second-order valence-corrected chi connectivity index (χ2v) is 5.25. The number of nitrogens with two attached hydrogens (primary N) is 1. The van der Waals surface area contributed by atoms with Crippen LogP contribution in [0.5, 0.6) is 0 Å². The van der Waals surface area contributed by atoms with Crippen molar-refractivity contribution >= 4 is 39.2 Å². The smallest absolute Gasteiger partial charge is 0.239 e. The number of aromatic nitrogens is 2. The fraction of sp³-hybridized carbons (Fsp3) is 0.364. The first kappa shape index (κ1) is 12.6. The van der Waals surface area contributed by atoms with Gasteiger partial charge in [0.2, 0.25) is 11.9 Å². The number of nitrogen functional groups attached to an aromatic ring is 1. The van der Waals surface area contributed by atoms with Gasteiger partial charge in [0.05, 0.1) is 11.9 Å². The molecule has 0 bridgehead atoms. The van der Waals surface area contributed by atoms with E-state index in [9.17, 15) is 4.79 Å². The van der Waals surface area contributed by atoms with Crippen LogP contribution in [-0.2, 0) is 4.79 Å².